The van der Waals surface area contributed by atoms with E-state index >= 15 is 0 Å². The summed E-state index contributed by atoms with van der Waals surface area (Å²) in [6, 6.07) is 3.88. The second-order valence-corrected chi connectivity index (χ2v) is 10.4. The number of hydrogen-bond acceptors (Lipinski definition) is 7. The van der Waals surface area contributed by atoms with E-state index in [0.29, 0.717) is 30.8 Å². The number of halogens is 4. The van der Waals surface area contributed by atoms with Crippen LogP contribution in [0.3, 0.4) is 0 Å². The normalized spacial score (nSPS) is 18.4. The average Bonchev–Trinajstić information content (AvgIpc) is 3.19. The molecule has 1 fully saturated rings. The van der Waals surface area contributed by atoms with Crippen molar-refractivity contribution in [2.45, 2.75) is 22.9 Å². The van der Waals surface area contributed by atoms with Crippen molar-refractivity contribution in [1.29, 1.82) is 0 Å². The molecule has 0 radical (unpaired) electrons. The van der Waals surface area contributed by atoms with E-state index in [1.54, 1.807) is 0 Å². The lowest BCUT2D eigenvalue weighted by Gasteiger charge is -2.32. The summed E-state index contributed by atoms with van der Waals surface area (Å²) in [7, 11) is -1.94. The van der Waals surface area contributed by atoms with Crippen molar-refractivity contribution in [1.82, 2.24) is 4.90 Å². The number of anilines is 1. The van der Waals surface area contributed by atoms with Crippen LogP contribution in [0.25, 0.3) is 0 Å². The van der Waals surface area contributed by atoms with E-state index in [2.05, 4.69) is 4.72 Å². The number of carboxylic acids is 1. The van der Waals surface area contributed by atoms with Crippen LogP contribution < -0.4 is 9.46 Å². The molecule has 13 heteroatoms. The molecule has 0 amide bonds. The first-order valence-corrected chi connectivity index (χ1v) is 11.3. The van der Waals surface area contributed by atoms with E-state index in [0.717, 1.165) is 24.3 Å². The minimum atomic E-state index is -4.65. The first-order chi connectivity index (χ1) is 13.9. The van der Waals surface area contributed by atoms with Gasteiger partial charge in [0.1, 0.15) is 20.4 Å². The molecule has 2 aromatic rings. The third-order valence-electron chi connectivity index (χ3n) is 4.36. The zero-order chi connectivity index (χ0) is 22.3. The lowest BCUT2D eigenvalue weighted by atomic mass is 10.1. The van der Waals surface area contributed by atoms with E-state index in [1.807, 2.05) is 11.9 Å². The minimum Gasteiger partial charge on any atom is -0.488 e. The Kier molecular flexibility index (Phi) is 6.46. The van der Waals surface area contributed by atoms with Crippen molar-refractivity contribution in [3.63, 3.8) is 0 Å². The van der Waals surface area contributed by atoms with Gasteiger partial charge in [-0.05, 0) is 31.7 Å². The number of aromatic carboxylic acids is 1. The molecule has 2 heterocycles. The van der Waals surface area contributed by atoms with Crippen LogP contribution >= 0.6 is 33.7 Å². The number of rotatable bonds is 6. The van der Waals surface area contributed by atoms with Gasteiger partial charge in [0.05, 0.1) is 16.8 Å². The maximum absolute atomic E-state index is 13.4. The van der Waals surface area contributed by atoms with Crippen LogP contribution in [-0.4, -0.2) is 51.3 Å². The van der Waals surface area contributed by atoms with Gasteiger partial charge < -0.3 is 14.7 Å². The zero-order valence-corrected chi connectivity index (χ0v) is 17.8. The number of benzene rings is 1. The molecule has 4 N–H and O–H groups in total. The Morgan fingerprint density at radius 2 is 2.07 bits per heavy atom. The Morgan fingerprint density at radius 3 is 2.60 bits per heavy atom. The van der Waals surface area contributed by atoms with Gasteiger partial charge in [0.2, 0.25) is 0 Å². The third-order valence-corrected chi connectivity index (χ3v) is 7.66. The first-order valence-electron chi connectivity index (χ1n) is 8.52. The Morgan fingerprint density at radius 1 is 1.37 bits per heavy atom. The van der Waals surface area contributed by atoms with Gasteiger partial charge in [-0.2, -0.15) is 13.2 Å². The van der Waals surface area contributed by atoms with Crippen molar-refractivity contribution in [2.75, 3.05) is 24.9 Å². The summed E-state index contributed by atoms with van der Waals surface area (Å²) < 4.78 is 68.6. The van der Waals surface area contributed by atoms with Gasteiger partial charge in [0, 0.05) is 19.2 Å². The van der Waals surface area contributed by atoms with Crippen molar-refractivity contribution in [3.8, 4) is 5.75 Å². The van der Waals surface area contributed by atoms with Crippen LogP contribution in [0.15, 0.2) is 28.5 Å². The highest BCUT2D eigenvalue weighted by Crippen LogP contribution is 2.53. The molecular formula is C17H18ClF3N2O5S2. The Bertz CT molecular complexity index is 954. The molecule has 1 saturated heterocycles. The zero-order valence-electron chi connectivity index (χ0n) is 15.4. The molecule has 7 nitrogen and oxygen atoms in total. The highest BCUT2D eigenvalue weighted by atomic mass is 35.5. The van der Waals surface area contributed by atoms with Crippen LogP contribution in [-0.2, 0) is 6.18 Å². The Labute approximate surface area is 180 Å². The van der Waals surface area contributed by atoms with Gasteiger partial charge in [0.15, 0.2) is 0 Å². The van der Waals surface area contributed by atoms with Crippen LogP contribution in [0, 0.1) is 0 Å². The number of thiophene rings is 1. The predicted octanol–water partition coefficient (Wildman–Crippen LogP) is 5.34. The van der Waals surface area contributed by atoms with Gasteiger partial charge in [0.25, 0.3) is 0 Å². The van der Waals surface area contributed by atoms with Crippen LogP contribution in [0.1, 0.15) is 22.3 Å². The summed E-state index contributed by atoms with van der Waals surface area (Å²) in [6.45, 7) is 1.16. The topological polar surface area (TPSA) is 102 Å². The Hall–Kier alpha value is -1.70. The number of likely N-dealkylation sites (N-methyl/N-ethyl adjacent to an activating group) is 1. The van der Waals surface area contributed by atoms with Gasteiger partial charge in [-0.3, -0.25) is 13.8 Å². The minimum absolute atomic E-state index is 0.0363. The maximum atomic E-state index is 13.4. The van der Waals surface area contributed by atoms with Crippen molar-refractivity contribution in [2.24, 2.45) is 0 Å². The summed E-state index contributed by atoms with van der Waals surface area (Å²) in [5.41, 5.74) is -1.32. The molecule has 0 saturated carbocycles. The van der Waals surface area contributed by atoms with Crippen molar-refractivity contribution >= 4 is 45.4 Å². The second-order valence-electron chi connectivity index (χ2n) is 6.71. The molecule has 1 aromatic heterocycles. The first kappa shape index (κ1) is 23.0. The smallest absolute Gasteiger partial charge is 0.419 e. The van der Waals surface area contributed by atoms with Crippen LogP contribution in [0.5, 0.6) is 5.75 Å². The number of likely N-dealkylation sites (tertiary alicyclic amines) is 1. The van der Waals surface area contributed by atoms with Gasteiger partial charge >= 0.3 is 12.1 Å². The molecule has 0 aliphatic carbocycles. The van der Waals surface area contributed by atoms with E-state index in [4.69, 9.17) is 21.4 Å². The predicted molar refractivity (Wildman–Crippen MR) is 109 cm³/mol. The van der Waals surface area contributed by atoms with Gasteiger partial charge in [-0.1, -0.05) is 22.4 Å². The maximum Gasteiger partial charge on any atom is 0.419 e. The summed E-state index contributed by atoms with van der Waals surface area (Å²) in [4.78, 5) is 13.0. The number of hydrogen-bond donors (Lipinski definition) is 4. The van der Waals surface area contributed by atoms with Crippen molar-refractivity contribution < 1.29 is 36.9 Å². The fraction of sp³-hybridized carbons (Fsp3) is 0.353. The fourth-order valence-corrected chi connectivity index (χ4v) is 5.75. The number of nitrogens with zero attached hydrogens (tertiary/aromatic N) is 1. The number of carbonyl (C=O) groups is 1. The van der Waals surface area contributed by atoms with E-state index in [-0.39, 0.29) is 19.8 Å². The van der Waals surface area contributed by atoms with Crippen molar-refractivity contribution in [3.05, 3.63) is 39.7 Å². The summed E-state index contributed by atoms with van der Waals surface area (Å²) in [6.07, 6.45) is -4.52. The molecule has 1 aromatic carbocycles. The molecule has 0 spiro atoms. The quantitative estimate of drug-likeness (QED) is 0.437. The molecule has 166 valence electrons. The molecule has 0 bridgehead atoms. The number of alkyl halides is 3. The van der Waals surface area contributed by atoms with E-state index in [9.17, 15) is 27.1 Å². The summed E-state index contributed by atoms with van der Waals surface area (Å²) >= 11 is 6.45. The SMILES string of the molecule is CN1CC[C@@H](Oc2cc(NS(O)(O)c3cc(C(=O)O)c(Cl)s3)ccc2C(F)(F)F)C1. The highest BCUT2D eigenvalue weighted by Gasteiger charge is 2.36. The lowest BCUT2D eigenvalue weighted by Crippen LogP contribution is -2.23. The molecule has 1 aliphatic heterocycles. The Balaban J connectivity index is 1.89. The third kappa shape index (κ3) is 5.13. The molecule has 0 unspecified atom stereocenters. The summed E-state index contributed by atoms with van der Waals surface area (Å²) in [5.74, 6) is -1.78. The number of carboxylic acid groups (broad SMARTS) is 1. The average molecular weight is 487 g/mol. The second kappa shape index (κ2) is 8.44. The molecular weight excluding hydrogens is 469 g/mol. The molecule has 1 atom stereocenters. The molecule has 1 aliphatic rings. The molecule has 30 heavy (non-hydrogen) atoms. The monoisotopic (exact) mass is 486 g/mol. The van der Waals surface area contributed by atoms with Gasteiger partial charge in [-0.25, -0.2) is 4.79 Å². The number of nitrogens with one attached hydrogen (secondary N) is 1. The van der Waals surface area contributed by atoms with Crippen LogP contribution in [0.2, 0.25) is 4.34 Å². The summed E-state index contributed by atoms with van der Waals surface area (Å²) in [5, 5.41) is 9.05. The number of ether oxygens (including phenoxy) is 1. The fourth-order valence-electron chi connectivity index (χ4n) is 2.94. The lowest BCUT2D eigenvalue weighted by molar-refractivity contribution is -0.139. The molecule has 3 rings (SSSR count). The van der Waals surface area contributed by atoms with Gasteiger partial charge in [-0.15, -0.1) is 11.3 Å². The largest absolute Gasteiger partial charge is 0.488 e. The highest BCUT2D eigenvalue weighted by molar-refractivity contribution is 8.26. The van der Waals surface area contributed by atoms with E-state index in [1.165, 1.54) is 0 Å². The van der Waals surface area contributed by atoms with E-state index < -0.39 is 40.3 Å². The standard InChI is InChI=1S/C17H18ClF3N2O5S2/c1-23-5-4-10(8-23)28-13-6-9(2-3-12(13)17(19,20)21)22-30(26,27)14-7-11(16(24)25)15(18)29-14/h2-3,6-7,10,22,26-27H,4-5,8H2,1H3,(H,24,25)/t10-/m1/s1. The van der Waals surface area contributed by atoms with Crippen LogP contribution in [0.4, 0.5) is 18.9 Å².